The second-order valence-corrected chi connectivity index (χ2v) is 7.75. The first-order valence-corrected chi connectivity index (χ1v) is 9.86. The molecule has 0 bridgehead atoms. The Kier molecular flexibility index (Phi) is 4.19. The van der Waals surface area contributed by atoms with Gasteiger partial charge in [0.05, 0.1) is 22.2 Å². The van der Waals surface area contributed by atoms with Crippen LogP contribution in [0.5, 0.6) is 0 Å². The molecule has 0 amide bonds. The van der Waals surface area contributed by atoms with E-state index < -0.39 is 11.9 Å². The molecule has 3 aromatic heterocycles. The molecule has 0 atom stereocenters. The van der Waals surface area contributed by atoms with Gasteiger partial charge in [-0.1, -0.05) is 23.5 Å². The van der Waals surface area contributed by atoms with Gasteiger partial charge in [-0.2, -0.15) is 0 Å². The second kappa shape index (κ2) is 6.92. The number of carboxylic acid groups (broad SMARTS) is 2. The molecule has 9 heteroatoms. The fraction of sp³-hybridized carbons (Fsp3) is 0. The van der Waals surface area contributed by atoms with E-state index in [9.17, 15) is 24.6 Å². The van der Waals surface area contributed by atoms with Crippen LogP contribution in [0.2, 0.25) is 0 Å². The van der Waals surface area contributed by atoms with Crippen LogP contribution in [0.25, 0.3) is 33.4 Å². The minimum Gasteiger partial charge on any atom is -0.478 e. The number of fused-ring (bicyclic) bond motifs is 3. The first-order chi connectivity index (χ1) is 14.9. The highest BCUT2D eigenvalue weighted by atomic mass is 32.1. The summed E-state index contributed by atoms with van der Waals surface area (Å²) in [7, 11) is 0. The molecule has 2 N–H and O–H groups in total. The van der Waals surface area contributed by atoms with E-state index in [1.165, 1.54) is 23.5 Å². The van der Waals surface area contributed by atoms with Crippen LogP contribution in [-0.4, -0.2) is 31.5 Å². The van der Waals surface area contributed by atoms with Crippen LogP contribution in [0.4, 0.5) is 0 Å². The molecule has 0 saturated heterocycles. The van der Waals surface area contributed by atoms with Crippen molar-refractivity contribution < 1.29 is 24.2 Å². The zero-order chi connectivity index (χ0) is 21.7. The molecule has 0 aliphatic rings. The topological polar surface area (TPSA) is 122 Å². The predicted molar refractivity (Wildman–Crippen MR) is 114 cm³/mol. The number of carbonyl (C=O) groups is 2. The summed E-state index contributed by atoms with van der Waals surface area (Å²) >= 11 is 1.23. The van der Waals surface area contributed by atoms with Crippen molar-refractivity contribution in [2.45, 2.75) is 0 Å². The van der Waals surface area contributed by atoms with Crippen molar-refractivity contribution in [2.24, 2.45) is 0 Å². The maximum Gasteiger partial charge on any atom is 0.335 e. The lowest BCUT2D eigenvalue weighted by molar-refractivity contribution is 0.0696. The number of aromatic nitrogens is 2. The van der Waals surface area contributed by atoms with Gasteiger partial charge >= 0.3 is 11.9 Å². The van der Waals surface area contributed by atoms with Gasteiger partial charge in [-0.3, -0.25) is 4.79 Å². The monoisotopic (exact) mass is 432 g/mol. The molecule has 0 spiro atoms. The number of thiazole rings is 1. The van der Waals surface area contributed by atoms with Crippen molar-refractivity contribution in [3.63, 3.8) is 0 Å². The third-order valence-corrected chi connectivity index (χ3v) is 5.73. The number of aromatic carboxylic acids is 2. The molecule has 152 valence electrons. The lowest BCUT2D eigenvalue weighted by atomic mass is 10.0. The molecule has 0 aliphatic carbocycles. The van der Waals surface area contributed by atoms with E-state index in [2.05, 4.69) is 4.98 Å². The van der Waals surface area contributed by atoms with Crippen molar-refractivity contribution >= 4 is 45.3 Å². The molecular formula is C22H12N2O6S. The summed E-state index contributed by atoms with van der Waals surface area (Å²) in [5.41, 5.74) is 1.24. The van der Waals surface area contributed by atoms with Crippen LogP contribution in [0.15, 0.2) is 63.8 Å². The Morgan fingerprint density at radius 2 is 1.71 bits per heavy atom. The van der Waals surface area contributed by atoms with Gasteiger partial charge < -0.3 is 14.6 Å². The van der Waals surface area contributed by atoms with E-state index in [4.69, 9.17) is 4.42 Å². The number of para-hydroxylation sites is 2. The second-order valence-electron chi connectivity index (χ2n) is 6.75. The summed E-state index contributed by atoms with van der Waals surface area (Å²) in [4.78, 5) is 40.5. The Labute approximate surface area is 176 Å². The van der Waals surface area contributed by atoms with Crippen molar-refractivity contribution in [3.05, 3.63) is 86.4 Å². The van der Waals surface area contributed by atoms with Gasteiger partial charge in [-0.05, 0) is 42.5 Å². The smallest absolute Gasteiger partial charge is 0.335 e. The van der Waals surface area contributed by atoms with Gasteiger partial charge in [-0.25, -0.2) is 19.0 Å². The molecule has 2 aromatic carbocycles. The van der Waals surface area contributed by atoms with Crippen LogP contribution < -0.4 is 10.1 Å². The maximum atomic E-state index is 12.9. The van der Waals surface area contributed by atoms with E-state index in [1.54, 1.807) is 22.6 Å². The standard InChI is InChI=1S/C22H12N2O6S/c25-19-18(31-22-23-15-3-1-2-4-16(15)24(19)22)10-14-5-6-17(30-14)11-7-12(20(26)27)9-13(8-11)21(28)29/h1-10H,(H,26,27)(H,28,29)/b18-10-. The lowest BCUT2D eigenvalue weighted by Gasteiger charge is -2.03. The van der Waals surface area contributed by atoms with Crippen LogP contribution in [0.1, 0.15) is 26.5 Å². The highest BCUT2D eigenvalue weighted by molar-refractivity contribution is 7.15. The average molecular weight is 432 g/mol. The lowest BCUT2D eigenvalue weighted by Crippen LogP contribution is -2.22. The summed E-state index contributed by atoms with van der Waals surface area (Å²) < 4.78 is 7.73. The molecule has 5 rings (SSSR count). The van der Waals surface area contributed by atoms with Gasteiger partial charge in [0.1, 0.15) is 16.1 Å². The summed E-state index contributed by atoms with van der Waals surface area (Å²) in [6.07, 6.45) is 1.58. The number of furan rings is 1. The summed E-state index contributed by atoms with van der Waals surface area (Å²) in [5, 5.41) is 18.5. The summed E-state index contributed by atoms with van der Waals surface area (Å²) in [6, 6.07) is 14.3. The molecule has 3 heterocycles. The average Bonchev–Trinajstić information content (AvgIpc) is 3.43. The van der Waals surface area contributed by atoms with Gasteiger partial charge in [0.25, 0.3) is 5.56 Å². The van der Waals surface area contributed by atoms with Gasteiger partial charge in [0, 0.05) is 11.6 Å². The van der Waals surface area contributed by atoms with E-state index in [0.29, 0.717) is 20.8 Å². The fourth-order valence-electron chi connectivity index (χ4n) is 3.34. The van der Waals surface area contributed by atoms with Crippen LogP contribution in [-0.2, 0) is 0 Å². The minimum absolute atomic E-state index is 0.162. The predicted octanol–water partition coefficient (Wildman–Crippen LogP) is 3.11. The van der Waals surface area contributed by atoms with Crippen LogP contribution in [0.3, 0.4) is 0 Å². The Morgan fingerprint density at radius 3 is 2.42 bits per heavy atom. The Hall–Kier alpha value is -4.24. The van der Waals surface area contributed by atoms with Crippen molar-refractivity contribution in [2.75, 3.05) is 0 Å². The molecule has 8 nitrogen and oxygen atoms in total. The number of carboxylic acids is 2. The van der Waals surface area contributed by atoms with Gasteiger partial charge in [-0.15, -0.1) is 0 Å². The molecular weight excluding hydrogens is 420 g/mol. The third kappa shape index (κ3) is 3.17. The number of benzene rings is 2. The minimum atomic E-state index is -1.24. The van der Waals surface area contributed by atoms with Crippen molar-refractivity contribution in [1.29, 1.82) is 0 Å². The van der Waals surface area contributed by atoms with Crippen LogP contribution >= 0.6 is 11.3 Å². The molecule has 0 aliphatic heterocycles. The SMILES string of the molecule is O=C(O)c1cc(C(=O)O)cc(-c2ccc(/C=c3\sc4nc5ccccc5n4c3=O)o2)c1. The normalized spacial score (nSPS) is 12.1. The highest BCUT2D eigenvalue weighted by Crippen LogP contribution is 2.25. The van der Waals surface area contributed by atoms with E-state index in [1.807, 2.05) is 24.3 Å². The maximum absolute atomic E-state index is 12.9. The summed E-state index contributed by atoms with van der Waals surface area (Å²) in [5.74, 6) is -1.82. The zero-order valence-corrected chi connectivity index (χ0v) is 16.4. The Morgan fingerprint density at radius 1 is 1.00 bits per heavy atom. The molecule has 0 unspecified atom stereocenters. The highest BCUT2D eigenvalue weighted by Gasteiger charge is 2.15. The molecule has 0 fully saturated rings. The van der Waals surface area contributed by atoms with Gasteiger partial charge in [0.2, 0.25) is 0 Å². The van der Waals surface area contributed by atoms with E-state index >= 15 is 0 Å². The Bertz CT molecular complexity index is 1590. The zero-order valence-electron chi connectivity index (χ0n) is 15.6. The first kappa shape index (κ1) is 18.8. The van der Waals surface area contributed by atoms with Crippen molar-refractivity contribution in [1.82, 2.24) is 9.38 Å². The molecule has 5 aromatic rings. The number of hydrogen-bond acceptors (Lipinski definition) is 6. The quantitative estimate of drug-likeness (QED) is 0.447. The van der Waals surface area contributed by atoms with E-state index in [-0.39, 0.29) is 22.4 Å². The third-order valence-electron chi connectivity index (χ3n) is 4.76. The number of nitrogens with zero attached hydrogens (tertiary/aromatic N) is 2. The van der Waals surface area contributed by atoms with Gasteiger partial charge in [0.15, 0.2) is 4.96 Å². The Balaban J connectivity index is 1.60. The van der Waals surface area contributed by atoms with Crippen molar-refractivity contribution in [3.8, 4) is 11.3 Å². The number of hydrogen-bond donors (Lipinski definition) is 2. The molecule has 0 radical (unpaired) electrons. The largest absolute Gasteiger partial charge is 0.478 e. The summed E-state index contributed by atoms with van der Waals surface area (Å²) in [6.45, 7) is 0. The number of imidazole rings is 1. The molecule has 0 saturated carbocycles. The first-order valence-electron chi connectivity index (χ1n) is 9.04. The fourth-order valence-corrected chi connectivity index (χ4v) is 4.31. The number of rotatable bonds is 4. The van der Waals surface area contributed by atoms with Crippen LogP contribution in [0, 0.1) is 0 Å². The molecule has 31 heavy (non-hydrogen) atoms. The van der Waals surface area contributed by atoms with E-state index in [0.717, 1.165) is 17.1 Å².